The highest BCUT2D eigenvalue weighted by atomic mass is 32.1. The summed E-state index contributed by atoms with van der Waals surface area (Å²) in [5, 5.41) is 11.7. The molecule has 1 fully saturated rings. The molecule has 0 spiro atoms. The Hall–Kier alpha value is -2.13. The molecule has 0 aromatic heterocycles. The summed E-state index contributed by atoms with van der Waals surface area (Å²) in [4.78, 5) is 11.8. The number of esters is 1. The highest BCUT2D eigenvalue weighted by molar-refractivity contribution is 7.80. The van der Waals surface area contributed by atoms with Crippen LogP contribution in [0, 0.1) is 11.3 Å². The molecule has 1 heterocycles. The maximum Gasteiger partial charge on any atom is 0.332 e. The van der Waals surface area contributed by atoms with Gasteiger partial charge in [-0.3, -0.25) is 0 Å². The molecular formula is C13H12N2O3S. The number of benzene rings is 1. The molecule has 5 nitrogen and oxygen atoms in total. The highest BCUT2D eigenvalue weighted by Gasteiger charge is 2.39. The van der Waals surface area contributed by atoms with Gasteiger partial charge in [0.1, 0.15) is 0 Å². The van der Waals surface area contributed by atoms with Crippen molar-refractivity contribution in [3.63, 3.8) is 0 Å². The van der Waals surface area contributed by atoms with Crippen LogP contribution in [0.2, 0.25) is 0 Å². The Morgan fingerprint density at radius 2 is 2.21 bits per heavy atom. The molecule has 0 aliphatic carbocycles. The molecule has 1 aliphatic rings. The van der Waals surface area contributed by atoms with Crippen LogP contribution in [0.25, 0.3) is 0 Å². The molecule has 2 atom stereocenters. The molecular weight excluding hydrogens is 264 g/mol. The Morgan fingerprint density at radius 1 is 1.53 bits per heavy atom. The molecule has 1 saturated heterocycles. The molecule has 1 aromatic rings. The van der Waals surface area contributed by atoms with Crippen LogP contribution in [-0.4, -0.2) is 23.8 Å². The van der Waals surface area contributed by atoms with E-state index in [0.29, 0.717) is 12.2 Å². The van der Waals surface area contributed by atoms with Gasteiger partial charge in [-0.15, -0.1) is 0 Å². The smallest absolute Gasteiger partial charge is 0.332 e. The van der Waals surface area contributed by atoms with E-state index < -0.39 is 18.1 Å². The van der Waals surface area contributed by atoms with Crippen LogP contribution in [0.15, 0.2) is 24.3 Å². The van der Waals surface area contributed by atoms with Crippen molar-refractivity contribution in [2.75, 3.05) is 6.61 Å². The first-order chi connectivity index (χ1) is 9.15. The van der Waals surface area contributed by atoms with Gasteiger partial charge in [0.15, 0.2) is 12.1 Å². The van der Waals surface area contributed by atoms with Crippen LogP contribution in [0.5, 0.6) is 0 Å². The number of hydrogen-bond acceptors (Lipinski definition) is 5. The summed E-state index contributed by atoms with van der Waals surface area (Å²) in [5.41, 5.74) is 1.31. The minimum absolute atomic E-state index is 0.174. The normalized spacial score (nSPS) is 21.2. The molecule has 6 heteroatoms. The maximum atomic E-state index is 11.8. The zero-order valence-corrected chi connectivity index (χ0v) is 11.1. The monoisotopic (exact) mass is 276 g/mol. The predicted octanol–water partition coefficient (Wildman–Crippen LogP) is 1.44. The van der Waals surface area contributed by atoms with E-state index in [1.54, 1.807) is 31.2 Å². The molecule has 2 rings (SSSR count). The average Bonchev–Trinajstić information content (AvgIpc) is 2.81. The predicted molar refractivity (Wildman–Crippen MR) is 71.1 cm³/mol. The van der Waals surface area contributed by atoms with Crippen molar-refractivity contribution in [1.82, 2.24) is 5.32 Å². The summed E-state index contributed by atoms with van der Waals surface area (Å²) in [6.07, 6.45) is -0.528. The molecule has 0 saturated carbocycles. The first-order valence-electron chi connectivity index (χ1n) is 5.79. The van der Waals surface area contributed by atoms with Crippen LogP contribution in [-0.2, 0) is 14.3 Å². The van der Waals surface area contributed by atoms with E-state index in [0.717, 1.165) is 5.56 Å². The standard InChI is InChI=1S/C13H12N2O3S/c1-2-17-12(16)10-11(18-13(19)15-10)9-5-3-8(7-14)4-6-9/h3-6,10-11H,2H2,1H3,(H,15,19)/t10-,11-/m1/s1. The first kappa shape index (κ1) is 13.3. The fourth-order valence-electron chi connectivity index (χ4n) is 1.84. The lowest BCUT2D eigenvalue weighted by Gasteiger charge is -2.16. The van der Waals surface area contributed by atoms with Crippen LogP contribution >= 0.6 is 12.2 Å². The van der Waals surface area contributed by atoms with E-state index in [1.807, 2.05) is 6.07 Å². The topological polar surface area (TPSA) is 71.3 Å². The summed E-state index contributed by atoms with van der Waals surface area (Å²) in [6.45, 7) is 2.03. The van der Waals surface area contributed by atoms with E-state index >= 15 is 0 Å². The van der Waals surface area contributed by atoms with Crippen molar-refractivity contribution in [3.8, 4) is 6.07 Å². The van der Waals surface area contributed by atoms with Crippen LogP contribution in [0.3, 0.4) is 0 Å². The number of hydrogen-bond donors (Lipinski definition) is 1. The lowest BCUT2D eigenvalue weighted by atomic mass is 10.0. The number of carbonyl (C=O) groups is 1. The van der Waals surface area contributed by atoms with Crippen LogP contribution in [0.4, 0.5) is 0 Å². The van der Waals surface area contributed by atoms with Crippen molar-refractivity contribution < 1.29 is 14.3 Å². The summed E-state index contributed by atoms with van der Waals surface area (Å²) < 4.78 is 10.4. The van der Waals surface area contributed by atoms with Crippen molar-refractivity contribution >= 4 is 23.4 Å². The zero-order chi connectivity index (χ0) is 13.8. The first-order valence-corrected chi connectivity index (χ1v) is 6.20. The van der Waals surface area contributed by atoms with Gasteiger partial charge < -0.3 is 14.8 Å². The van der Waals surface area contributed by atoms with Gasteiger partial charge in [-0.2, -0.15) is 5.26 Å². The van der Waals surface area contributed by atoms with Gasteiger partial charge in [-0.05, 0) is 36.8 Å². The van der Waals surface area contributed by atoms with E-state index in [2.05, 4.69) is 5.32 Å². The lowest BCUT2D eigenvalue weighted by molar-refractivity contribution is -0.146. The molecule has 0 unspecified atom stereocenters. The summed E-state index contributed by atoms with van der Waals surface area (Å²) in [7, 11) is 0. The van der Waals surface area contributed by atoms with Gasteiger partial charge in [-0.25, -0.2) is 4.79 Å². The second-order valence-electron chi connectivity index (χ2n) is 3.93. The summed E-state index contributed by atoms with van der Waals surface area (Å²) in [6, 6.07) is 8.20. The quantitative estimate of drug-likeness (QED) is 0.665. The van der Waals surface area contributed by atoms with Crippen LogP contribution < -0.4 is 5.32 Å². The Labute approximate surface area is 116 Å². The molecule has 0 radical (unpaired) electrons. The SMILES string of the molecule is CCOC(=O)[C@@H]1NC(=S)O[C@@H]1c1ccc(C#N)cc1. The third-order valence-corrected chi connectivity index (χ3v) is 2.93. The number of nitrogens with one attached hydrogen (secondary N) is 1. The second kappa shape index (κ2) is 5.67. The summed E-state index contributed by atoms with van der Waals surface area (Å²) >= 11 is 4.93. The Kier molecular flexibility index (Phi) is 3.97. The number of rotatable bonds is 3. The van der Waals surface area contributed by atoms with Gasteiger partial charge >= 0.3 is 5.97 Å². The fraction of sp³-hybridized carbons (Fsp3) is 0.308. The lowest BCUT2D eigenvalue weighted by Crippen LogP contribution is -2.37. The molecule has 0 amide bonds. The number of nitrogens with zero attached hydrogens (tertiary/aromatic N) is 1. The van der Waals surface area contributed by atoms with Gasteiger partial charge in [0.25, 0.3) is 5.17 Å². The van der Waals surface area contributed by atoms with E-state index in [-0.39, 0.29) is 5.17 Å². The number of thiocarbonyl (C=S) groups is 1. The molecule has 1 aromatic carbocycles. The van der Waals surface area contributed by atoms with Crippen LogP contribution in [0.1, 0.15) is 24.2 Å². The molecule has 1 aliphatic heterocycles. The zero-order valence-electron chi connectivity index (χ0n) is 10.3. The third-order valence-electron chi connectivity index (χ3n) is 2.72. The Morgan fingerprint density at radius 3 is 2.79 bits per heavy atom. The fourth-order valence-corrected chi connectivity index (χ4v) is 2.07. The number of ether oxygens (including phenoxy) is 2. The van der Waals surface area contributed by atoms with E-state index in [9.17, 15) is 4.79 Å². The molecule has 98 valence electrons. The van der Waals surface area contributed by atoms with E-state index in [4.69, 9.17) is 27.0 Å². The largest absolute Gasteiger partial charge is 0.464 e. The average molecular weight is 276 g/mol. The van der Waals surface area contributed by atoms with Gasteiger partial charge in [0.2, 0.25) is 0 Å². The third kappa shape index (κ3) is 2.83. The molecule has 0 bridgehead atoms. The van der Waals surface area contributed by atoms with Crippen molar-refractivity contribution in [1.29, 1.82) is 5.26 Å². The Bertz CT molecular complexity index is 536. The van der Waals surface area contributed by atoms with E-state index in [1.165, 1.54) is 0 Å². The maximum absolute atomic E-state index is 11.8. The van der Waals surface area contributed by atoms with Crippen molar-refractivity contribution in [2.45, 2.75) is 19.1 Å². The minimum atomic E-state index is -0.652. The second-order valence-corrected chi connectivity index (χ2v) is 4.30. The van der Waals surface area contributed by atoms with Gasteiger partial charge in [-0.1, -0.05) is 12.1 Å². The van der Waals surface area contributed by atoms with Gasteiger partial charge in [0.05, 0.1) is 18.2 Å². The molecule has 19 heavy (non-hydrogen) atoms. The van der Waals surface area contributed by atoms with Gasteiger partial charge in [0, 0.05) is 0 Å². The van der Waals surface area contributed by atoms with Crippen molar-refractivity contribution in [2.24, 2.45) is 0 Å². The molecule has 1 N–H and O–H groups in total. The number of carbonyl (C=O) groups excluding carboxylic acids is 1. The van der Waals surface area contributed by atoms with Crippen molar-refractivity contribution in [3.05, 3.63) is 35.4 Å². The minimum Gasteiger partial charge on any atom is -0.464 e. The number of nitriles is 1. The summed E-state index contributed by atoms with van der Waals surface area (Å²) in [5.74, 6) is -0.406. The highest BCUT2D eigenvalue weighted by Crippen LogP contribution is 2.27. The Balaban J connectivity index is 2.22.